The summed E-state index contributed by atoms with van der Waals surface area (Å²) < 4.78 is 85.2. The summed E-state index contributed by atoms with van der Waals surface area (Å²) in [6.07, 6.45) is -13.5. The van der Waals surface area contributed by atoms with Gasteiger partial charge in [-0.05, 0) is 36.2 Å². The van der Waals surface area contributed by atoms with E-state index in [9.17, 15) is 41.4 Å². The number of ether oxygens (including phenoxy) is 1. The fourth-order valence-corrected chi connectivity index (χ4v) is 4.11. The Kier molecular flexibility index (Phi) is 6.94. The number of halogens is 6. The summed E-state index contributed by atoms with van der Waals surface area (Å²) in [5, 5.41) is 19.3. The largest absolute Gasteiger partial charge is 0.465 e. The molecule has 0 radical (unpaired) electrons. The van der Waals surface area contributed by atoms with E-state index in [1.807, 2.05) is 0 Å². The highest BCUT2D eigenvalue weighted by Gasteiger charge is 2.46. The molecule has 180 valence electrons. The van der Waals surface area contributed by atoms with Crippen LogP contribution in [-0.4, -0.2) is 46.5 Å². The van der Waals surface area contributed by atoms with Crippen LogP contribution in [0, 0.1) is 0 Å². The third kappa shape index (κ3) is 5.41. The minimum atomic E-state index is -5.00. The van der Waals surface area contributed by atoms with E-state index >= 15 is 0 Å². The Hall–Kier alpha value is -2.79. The molecule has 1 aliphatic rings. The van der Waals surface area contributed by atoms with Crippen molar-refractivity contribution in [2.45, 2.75) is 43.4 Å². The quantitative estimate of drug-likeness (QED) is 0.573. The number of carboxylic acid groups (broad SMARTS) is 1. The van der Waals surface area contributed by atoms with Gasteiger partial charge in [0.25, 0.3) is 0 Å². The number of benzene rings is 2. The van der Waals surface area contributed by atoms with Crippen molar-refractivity contribution in [1.29, 1.82) is 0 Å². The summed E-state index contributed by atoms with van der Waals surface area (Å²) in [7, 11) is 0. The van der Waals surface area contributed by atoms with Gasteiger partial charge in [0.1, 0.15) is 0 Å². The molecule has 1 aliphatic heterocycles. The van der Waals surface area contributed by atoms with E-state index in [-0.39, 0.29) is 18.2 Å². The molecule has 0 aromatic heterocycles. The maximum absolute atomic E-state index is 13.2. The van der Waals surface area contributed by atoms with E-state index in [0.29, 0.717) is 17.7 Å². The monoisotopic (exact) mass is 477 g/mol. The fraction of sp³-hybridized carbons (Fsp3) is 0.409. The number of hydrogen-bond acceptors (Lipinski definition) is 3. The summed E-state index contributed by atoms with van der Waals surface area (Å²) in [6.45, 7) is 0.548. The van der Waals surface area contributed by atoms with Crippen LogP contribution in [0.4, 0.5) is 31.1 Å². The van der Waals surface area contributed by atoms with Gasteiger partial charge in [-0.15, -0.1) is 0 Å². The molecule has 1 saturated heterocycles. The molecule has 2 aromatic rings. The molecule has 5 nitrogen and oxygen atoms in total. The fourth-order valence-electron chi connectivity index (χ4n) is 4.11. The number of amides is 1. The molecule has 0 spiro atoms. The molecule has 1 heterocycles. The van der Waals surface area contributed by atoms with Gasteiger partial charge in [0, 0.05) is 5.92 Å². The average molecular weight is 477 g/mol. The number of nitrogens with zero attached hydrogens (tertiary/aromatic N) is 1. The molecule has 33 heavy (non-hydrogen) atoms. The smallest absolute Gasteiger partial charge is 0.416 e. The van der Waals surface area contributed by atoms with Crippen molar-refractivity contribution in [2.24, 2.45) is 0 Å². The third-order valence-electron chi connectivity index (χ3n) is 5.67. The van der Waals surface area contributed by atoms with Gasteiger partial charge in [-0.2, -0.15) is 26.3 Å². The SMILES string of the molecule is CC(OC1CN(C(=O)O)C(CO)C1c1ccccc1)c1cc(C(F)(F)F)cc(C(F)(F)F)c1. The van der Waals surface area contributed by atoms with Gasteiger partial charge in [-0.1, -0.05) is 30.3 Å². The number of rotatable bonds is 5. The maximum Gasteiger partial charge on any atom is 0.416 e. The van der Waals surface area contributed by atoms with Crippen LogP contribution in [0.1, 0.15) is 41.2 Å². The normalized spacial score (nSPS) is 22.4. The summed E-state index contributed by atoms with van der Waals surface area (Å²) in [5.41, 5.74) is -2.65. The Morgan fingerprint density at radius 3 is 2.06 bits per heavy atom. The van der Waals surface area contributed by atoms with Gasteiger partial charge in [-0.25, -0.2) is 4.79 Å². The van der Waals surface area contributed by atoms with E-state index in [1.165, 1.54) is 6.92 Å². The van der Waals surface area contributed by atoms with E-state index in [4.69, 9.17) is 4.74 Å². The molecule has 11 heteroatoms. The number of alkyl halides is 6. The van der Waals surface area contributed by atoms with Crippen molar-refractivity contribution < 1.29 is 46.1 Å². The molecule has 0 aliphatic carbocycles. The van der Waals surface area contributed by atoms with Gasteiger partial charge >= 0.3 is 18.4 Å². The molecule has 2 aromatic carbocycles. The van der Waals surface area contributed by atoms with Gasteiger partial charge in [0.2, 0.25) is 0 Å². The van der Waals surface area contributed by atoms with E-state index in [1.54, 1.807) is 30.3 Å². The molecule has 1 fully saturated rings. The zero-order valence-corrected chi connectivity index (χ0v) is 17.3. The number of hydrogen-bond donors (Lipinski definition) is 2. The van der Waals surface area contributed by atoms with Gasteiger partial charge in [-0.3, -0.25) is 4.90 Å². The van der Waals surface area contributed by atoms with Crippen LogP contribution >= 0.6 is 0 Å². The highest BCUT2D eigenvalue weighted by atomic mass is 19.4. The molecule has 3 rings (SSSR count). The summed E-state index contributed by atoms with van der Waals surface area (Å²) in [6, 6.07) is 8.79. The van der Waals surface area contributed by atoms with Crippen molar-refractivity contribution in [3.8, 4) is 0 Å². The predicted molar refractivity (Wildman–Crippen MR) is 105 cm³/mol. The van der Waals surface area contributed by atoms with Crippen LogP contribution in [0.2, 0.25) is 0 Å². The Bertz CT molecular complexity index is 947. The molecule has 2 N–H and O–H groups in total. The van der Waals surface area contributed by atoms with Crippen molar-refractivity contribution in [3.05, 3.63) is 70.8 Å². The van der Waals surface area contributed by atoms with Crippen molar-refractivity contribution in [1.82, 2.24) is 4.90 Å². The van der Waals surface area contributed by atoms with Crippen LogP contribution in [0.25, 0.3) is 0 Å². The average Bonchev–Trinajstić information content (AvgIpc) is 3.11. The minimum Gasteiger partial charge on any atom is -0.465 e. The topological polar surface area (TPSA) is 70.0 Å². The van der Waals surface area contributed by atoms with Gasteiger partial charge in [0.15, 0.2) is 0 Å². The first-order chi connectivity index (χ1) is 15.3. The Labute approximate surface area is 185 Å². The molecule has 4 atom stereocenters. The zero-order chi connectivity index (χ0) is 24.6. The van der Waals surface area contributed by atoms with Gasteiger partial charge in [0.05, 0.1) is 42.5 Å². The number of aliphatic hydroxyl groups is 1. The predicted octanol–water partition coefficient (Wildman–Crippen LogP) is 5.31. The van der Waals surface area contributed by atoms with E-state index in [2.05, 4.69) is 0 Å². The zero-order valence-electron chi connectivity index (χ0n) is 17.3. The molecule has 4 unspecified atom stereocenters. The molecule has 1 amide bonds. The first-order valence-electron chi connectivity index (χ1n) is 9.93. The van der Waals surface area contributed by atoms with E-state index < -0.39 is 60.3 Å². The summed E-state index contributed by atoms with van der Waals surface area (Å²) in [5.74, 6) is -0.678. The third-order valence-corrected chi connectivity index (χ3v) is 5.67. The van der Waals surface area contributed by atoms with E-state index in [0.717, 1.165) is 4.90 Å². The maximum atomic E-state index is 13.2. The van der Waals surface area contributed by atoms with Crippen molar-refractivity contribution in [3.63, 3.8) is 0 Å². The summed E-state index contributed by atoms with van der Waals surface area (Å²) >= 11 is 0. The highest BCUT2D eigenvalue weighted by Crippen LogP contribution is 2.41. The van der Waals surface area contributed by atoms with Crippen LogP contribution in [0.5, 0.6) is 0 Å². The summed E-state index contributed by atoms with van der Waals surface area (Å²) in [4.78, 5) is 12.6. The first-order valence-corrected chi connectivity index (χ1v) is 9.93. The lowest BCUT2D eigenvalue weighted by atomic mass is 9.90. The van der Waals surface area contributed by atoms with Crippen LogP contribution in [0.15, 0.2) is 48.5 Å². The molecular weight excluding hydrogens is 456 g/mol. The molecular formula is C22H21F6NO4. The highest BCUT2D eigenvalue weighted by molar-refractivity contribution is 5.66. The Morgan fingerprint density at radius 2 is 1.61 bits per heavy atom. The van der Waals surface area contributed by atoms with Crippen LogP contribution in [-0.2, 0) is 17.1 Å². The number of likely N-dealkylation sites (tertiary alicyclic amines) is 1. The molecule has 0 saturated carbocycles. The van der Waals surface area contributed by atoms with Crippen molar-refractivity contribution >= 4 is 6.09 Å². The minimum absolute atomic E-state index is 0.0342. The lowest BCUT2D eigenvalue weighted by molar-refractivity contribution is -0.143. The second kappa shape index (κ2) is 9.22. The van der Waals surface area contributed by atoms with Crippen LogP contribution < -0.4 is 0 Å². The number of carbonyl (C=O) groups is 1. The second-order valence-electron chi connectivity index (χ2n) is 7.78. The Morgan fingerprint density at radius 1 is 1.06 bits per heavy atom. The molecule has 0 bridgehead atoms. The lowest BCUT2D eigenvalue weighted by Gasteiger charge is -2.27. The Balaban J connectivity index is 1.98. The second-order valence-corrected chi connectivity index (χ2v) is 7.78. The van der Waals surface area contributed by atoms with Crippen LogP contribution in [0.3, 0.4) is 0 Å². The first kappa shape index (κ1) is 24.8. The number of aliphatic hydroxyl groups excluding tert-OH is 1. The standard InChI is InChI=1S/C22H21F6NO4/c1-12(14-7-15(21(23,24)25)9-16(8-14)22(26,27)28)33-18-10-29(20(31)32)17(11-30)19(18)13-5-3-2-4-6-13/h2-9,12,17-19,30H,10-11H2,1H3,(H,31,32). The lowest BCUT2D eigenvalue weighted by Crippen LogP contribution is -2.38. The van der Waals surface area contributed by atoms with Crippen molar-refractivity contribution in [2.75, 3.05) is 13.2 Å². The van der Waals surface area contributed by atoms with Gasteiger partial charge < -0.3 is 14.9 Å².